The monoisotopic (exact) mass is 454 g/mol. The third kappa shape index (κ3) is 5.67. The number of rotatable bonds is 8. The van der Waals surface area contributed by atoms with E-state index in [0.29, 0.717) is 29.7 Å². The summed E-state index contributed by atoms with van der Waals surface area (Å²) in [6.45, 7) is 2.49. The SMILES string of the molecule is Cc1cc(F)c(COc2nsc(NC(=O)NCCC3CCCN3C)c2C(=O)O)c(F)c1. The van der Waals surface area contributed by atoms with Gasteiger partial charge in [-0.2, -0.15) is 4.37 Å². The summed E-state index contributed by atoms with van der Waals surface area (Å²) in [5.74, 6) is -3.29. The van der Waals surface area contributed by atoms with Crippen molar-refractivity contribution in [2.75, 3.05) is 25.5 Å². The quantitative estimate of drug-likeness (QED) is 0.563. The zero-order valence-electron chi connectivity index (χ0n) is 17.2. The number of likely N-dealkylation sites (tertiary alicyclic amines) is 1. The lowest BCUT2D eigenvalue weighted by Crippen LogP contribution is -2.34. The van der Waals surface area contributed by atoms with E-state index in [0.717, 1.165) is 37.9 Å². The normalized spacial score (nSPS) is 16.3. The summed E-state index contributed by atoms with van der Waals surface area (Å²) in [4.78, 5) is 26.1. The van der Waals surface area contributed by atoms with Crippen LogP contribution >= 0.6 is 11.5 Å². The number of nitrogens with zero attached hydrogens (tertiary/aromatic N) is 2. The van der Waals surface area contributed by atoms with Crippen LogP contribution in [0, 0.1) is 18.6 Å². The van der Waals surface area contributed by atoms with Crippen molar-refractivity contribution in [1.29, 1.82) is 0 Å². The highest BCUT2D eigenvalue weighted by molar-refractivity contribution is 7.11. The number of ether oxygens (including phenoxy) is 1. The molecule has 1 fully saturated rings. The summed E-state index contributed by atoms with van der Waals surface area (Å²) >= 11 is 0.714. The number of carboxylic acids is 1. The Bertz CT molecular complexity index is 946. The van der Waals surface area contributed by atoms with E-state index in [-0.39, 0.29) is 22.0 Å². The van der Waals surface area contributed by atoms with E-state index in [2.05, 4.69) is 19.9 Å². The molecule has 8 nitrogen and oxygen atoms in total. The first-order valence-corrected chi connectivity index (χ1v) is 10.6. The fraction of sp³-hybridized carbons (Fsp3) is 0.450. The maximum absolute atomic E-state index is 14.0. The molecule has 3 N–H and O–H groups in total. The Hall–Kier alpha value is -2.79. The third-order valence-electron chi connectivity index (χ3n) is 5.17. The van der Waals surface area contributed by atoms with Crippen LogP contribution in [0.2, 0.25) is 0 Å². The van der Waals surface area contributed by atoms with Crippen molar-refractivity contribution in [1.82, 2.24) is 14.6 Å². The summed E-state index contributed by atoms with van der Waals surface area (Å²) in [5, 5.41) is 14.6. The second-order valence-electron chi connectivity index (χ2n) is 7.44. The highest BCUT2D eigenvalue weighted by Gasteiger charge is 2.25. The third-order valence-corrected chi connectivity index (χ3v) is 5.92. The van der Waals surface area contributed by atoms with E-state index < -0.39 is 30.2 Å². The Balaban J connectivity index is 1.61. The molecule has 0 aliphatic carbocycles. The Morgan fingerprint density at radius 2 is 2.06 bits per heavy atom. The molecule has 0 radical (unpaired) electrons. The van der Waals surface area contributed by atoms with E-state index in [1.165, 1.54) is 0 Å². The average molecular weight is 454 g/mol. The highest BCUT2D eigenvalue weighted by Crippen LogP contribution is 2.31. The minimum Gasteiger partial charge on any atom is -0.477 e. The molecule has 1 aliphatic rings. The number of halogens is 2. The predicted molar refractivity (Wildman–Crippen MR) is 112 cm³/mol. The number of carbonyl (C=O) groups is 2. The van der Waals surface area contributed by atoms with Crippen LogP contribution in [-0.2, 0) is 6.61 Å². The first-order valence-electron chi connectivity index (χ1n) is 9.81. The number of carbonyl (C=O) groups excluding carboxylic acids is 1. The first kappa shape index (κ1) is 22.9. The molecule has 2 heterocycles. The molecule has 0 spiro atoms. The van der Waals surface area contributed by atoms with E-state index in [9.17, 15) is 23.5 Å². The lowest BCUT2D eigenvalue weighted by atomic mass is 10.1. The van der Waals surface area contributed by atoms with Crippen molar-refractivity contribution < 1.29 is 28.2 Å². The largest absolute Gasteiger partial charge is 0.477 e. The van der Waals surface area contributed by atoms with E-state index in [1.54, 1.807) is 6.92 Å². The molecule has 0 bridgehead atoms. The van der Waals surface area contributed by atoms with Crippen LogP contribution in [0.5, 0.6) is 5.88 Å². The minimum atomic E-state index is -1.38. The van der Waals surface area contributed by atoms with Gasteiger partial charge in [-0.15, -0.1) is 0 Å². The van der Waals surface area contributed by atoms with Crippen LogP contribution in [0.1, 0.15) is 40.7 Å². The molecule has 1 aromatic heterocycles. The minimum absolute atomic E-state index is 0.0252. The zero-order chi connectivity index (χ0) is 22.5. The highest BCUT2D eigenvalue weighted by atomic mass is 32.1. The van der Waals surface area contributed by atoms with Gasteiger partial charge in [0.1, 0.15) is 23.2 Å². The Kier molecular flexibility index (Phi) is 7.39. The fourth-order valence-corrected chi connectivity index (χ4v) is 4.22. The molecule has 168 valence electrons. The number of aromatic carboxylic acids is 1. The first-order chi connectivity index (χ1) is 14.8. The molecule has 11 heteroatoms. The second-order valence-corrected chi connectivity index (χ2v) is 8.21. The van der Waals surface area contributed by atoms with Gasteiger partial charge in [0.2, 0.25) is 5.88 Å². The van der Waals surface area contributed by atoms with Crippen molar-refractivity contribution in [3.63, 3.8) is 0 Å². The molecular formula is C20H24F2N4O4S. The lowest BCUT2D eigenvalue weighted by molar-refractivity contribution is 0.0693. The van der Waals surface area contributed by atoms with Crippen molar-refractivity contribution in [2.45, 2.75) is 38.8 Å². The van der Waals surface area contributed by atoms with E-state index >= 15 is 0 Å². The fourth-order valence-electron chi connectivity index (χ4n) is 3.50. The van der Waals surface area contributed by atoms with Gasteiger partial charge in [-0.1, -0.05) is 0 Å². The molecule has 3 rings (SSSR count). The molecule has 1 unspecified atom stereocenters. The number of amides is 2. The number of anilines is 1. The van der Waals surface area contributed by atoms with Gasteiger partial charge in [-0.3, -0.25) is 5.32 Å². The molecular weight excluding hydrogens is 430 g/mol. The van der Waals surface area contributed by atoms with Gasteiger partial charge in [0.15, 0.2) is 5.56 Å². The Labute approximate surface area is 182 Å². The summed E-state index contributed by atoms with van der Waals surface area (Å²) in [6.07, 6.45) is 3.01. The number of carboxylic acid groups (broad SMARTS) is 1. The number of aryl methyl sites for hydroxylation is 1. The van der Waals surface area contributed by atoms with Gasteiger partial charge >= 0.3 is 12.0 Å². The lowest BCUT2D eigenvalue weighted by Gasteiger charge is -2.19. The van der Waals surface area contributed by atoms with Crippen molar-refractivity contribution in [3.05, 3.63) is 40.5 Å². The summed E-state index contributed by atoms with van der Waals surface area (Å²) in [7, 11) is 2.05. The summed E-state index contributed by atoms with van der Waals surface area (Å²) < 4.78 is 37.1. The van der Waals surface area contributed by atoms with E-state index in [1.807, 2.05) is 7.05 Å². The topological polar surface area (TPSA) is 104 Å². The van der Waals surface area contributed by atoms with Gasteiger partial charge in [0.25, 0.3) is 0 Å². The molecule has 0 saturated carbocycles. The van der Waals surface area contributed by atoms with Gasteiger partial charge in [-0.25, -0.2) is 18.4 Å². The van der Waals surface area contributed by atoms with Crippen LogP contribution in [0.4, 0.5) is 18.6 Å². The van der Waals surface area contributed by atoms with Crippen LogP contribution in [0.25, 0.3) is 0 Å². The maximum Gasteiger partial charge on any atom is 0.344 e. The Morgan fingerprint density at radius 1 is 1.35 bits per heavy atom. The average Bonchev–Trinajstić information content (AvgIpc) is 3.27. The van der Waals surface area contributed by atoms with Gasteiger partial charge < -0.3 is 20.1 Å². The van der Waals surface area contributed by atoms with Crippen LogP contribution in [-0.4, -0.2) is 52.6 Å². The summed E-state index contributed by atoms with van der Waals surface area (Å²) in [6, 6.07) is 2.17. The van der Waals surface area contributed by atoms with Crippen LogP contribution in [0.15, 0.2) is 12.1 Å². The molecule has 1 atom stereocenters. The van der Waals surface area contributed by atoms with Crippen molar-refractivity contribution in [2.24, 2.45) is 0 Å². The summed E-state index contributed by atoms with van der Waals surface area (Å²) in [5.41, 5.74) is -0.293. The molecule has 2 amide bonds. The van der Waals surface area contributed by atoms with Gasteiger partial charge in [-0.05, 0) is 69.0 Å². The molecule has 2 aromatic rings. The van der Waals surface area contributed by atoms with Crippen molar-refractivity contribution >= 4 is 28.5 Å². The smallest absolute Gasteiger partial charge is 0.344 e. The number of urea groups is 1. The second kappa shape index (κ2) is 10.0. The predicted octanol–water partition coefficient (Wildman–Crippen LogP) is 3.61. The number of aromatic nitrogens is 1. The molecule has 1 saturated heterocycles. The zero-order valence-corrected chi connectivity index (χ0v) is 18.0. The molecule has 31 heavy (non-hydrogen) atoms. The standard InChI is InChI=1S/C20H24F2N4O4S/c1-11-8-14(21)13(15(22)9-11)10-30-17-16(19(27)28)18(31-25-17)24-20(29)23-6-5-12-4-3-7-26(12)2/h8-9,12H,3-7,10H2,1-2H3,(H,27,28)(H2,23,24,29). The number of nitrogens with one attached hydrogen (secondary N) is 2. The van der Waals surface area contributed by atoms with Crippen LogP contribution < -0.4 is 15.4 Å². The number of hydrogen-bond acceptors (Lipinski definition) is 6. The van der Waals surface area contributed by atoms with E-state index in [4.69, 9.17) is 4.74 Å². The van der Waals surface area contributed by atoms with Gasteiger partial charge in [0.05, 0.1) is 5.56 Å². The maximum atomic E-state index is 14.0. The number of benzene rings is 1. The van der Waals surface area contributed by atoms with Crippen molar-refractivity contribution in [3.8, 4) is 5.88 Å². The molecule has 1 aliphatic heterocycles. The number of hydrogen-bond donors (Lipinski definition) is 3. The Morgan fingerprint density at radius 3 is 2.68 bits per heavy atom. The van der Waals surface area contributed by atoms with Crippen LogP contribution in [0.3, 0.4) is 0 Å². The van der Waals surface area contributed by atoms with Gasteiger partial charge in [0, 0.05) is 12.6 Å². The molecule has 1 aromatic carbocycles.